The molecular formula is C15H16FNO. The lowest BCUT2D eigenvalue weighted by Gasteiger charge is -2.10. The van der Waals surface area contributed by atoms with Gasteiger partial charge in [0.25, 0.3) is 0 Å². The van der Waals surface area contributed by atoms with Crippen LogP contribution in [0.2, 0.25) is 0 Å². The summed E-state index contributed by atoms with van der Waals surface area (Å²) in [7, 11) is 0. The number of anilines is 1. The Bertz CT molecular complexity index is 549. The molecule has 0 radical (unpaired) electrons. The summed E-state index contributed by atoms with van der Waals surface area (Å²) < 4.78 is 18.9. The molecule has 0 aliphatic rings. The van der Waals surface area contributed by atoms with Gasteiger partial charge in [0, 0.05) is 6.07 Å². The number of aryl methyl sites for hydroxylation is 2. The minimum Gasteiger partial charge on any atom is -0.455 e. The zero-order chi connectivity index (χ0) is 13.1. The molecule has 2 rings (SSSR count). The summed E-state index contributed by atoms with van der Waals surface area (Å²) in [6, 6.07) is 10.7. The van der Waals surface area contributed by atoms with E-state index in [0.29, 0.717) is 22.7 Å². The maximum absolute atomic E-state index is 13.3. The molecule has 0 bridgehead atoms. The van der Waals surface area contributed by atoms with E-state index in [2.05, 4.69) is 6.92 Å². The fraction of sp³-hybridized carbons (Fsp3) is 0.200. The van der Waals surface area contributed by atoms with Crippen LogP contribution in [0.1, 0.15) is 18.1 Å². The molecule has 2 aromatic rings. The number of ether oxygens (including phenoxy) is 1. The summed E-state index contributed by atoms with van der Waals surface area (Å²) in [5.74, 6) is 0.865. The molecule has 94 valence electrons. The monoisotopic (exact) mass is 245 g/mol. The summed E-state index contributed by atoms with van der Waals surface area (Å²) in [5, 5.41) is 0. The third-order valence-electron chi connectivity index (χ3n) is 2.85. The average molecular weight is 245 g/mol. The standard InChI is InChI=1S/C15H16FNO/c1-3-11-4-6-12(7-5-11)18-15-8-10(2)13(16)9-14(15)17/h4-9H,3,17H2,1-2H3. The van der Waals surface area contributed by atoms with E-state index >= 15 is 0 Å². The van der Waals surface area contributed by atoms with E-state index in [0.717, 1.165) is 6.42 Å². The van der Waals surface area contributed by atoms with Crippen molar-refractivity contribution >= 4 is 5.69 Å². The van der Waals surface area contributed by atoms with Gasteiger partial charge in [-0.25, -0.2) is 4.39 Å². The van der Waals surface area contributed by atoms with Crippen molar-refractivity contribution in [2.45, 2.75) is 20.3 Å². The molecule has 2 nitrogen and oxygen atoms in total. The second kappa shape index (κ2) is 5.08. The summed E-state index contributed by atoms with van der Waals surface area (Å²) >= 11 is 0. The lowest BCUT2D eigenvalue weighted by molar-refractivity contribution is 0.482. The predicted molar refractivity (Wildman–Crippen MR) is 71.4 cm³/mol. The number of hydrogen-bond donors (Lipinski definition) is 1. The number of rotatable bonds is 3. The molecule has 0 aliphatic carbocycles. The molecule has 0 aromatic heterocycles. The Morgan fingerprint density at radius 2 is 1.83 bits per heavy atom. The maximum Gasteiger partial charge on any atom is 0.150 e. The first-order valence-electron chi connectivity index (χ1n) is 5.92. The normalized spacial score (nSPS) is 10.4. The van der Waals surface area contributed by atoms with Gasteiger partial charge >= 0.3 is 0 Å². The van der Waals surface area contributed by atoms with Gasteiger partial charge in [0.05, 0.1) is 5.69 Å². The van der Waals surface area contributed by atoms with Crippen LogP contribution in [0.15, 0.2) is 36.4 Å². The van der Waals surface area contributed by atoms with Gasteiger partial charge in [-0.15, -0.1) is 0 Å². The van der Waals surface area contributed by atoms with Crippen molar-refractivity contribution in [2.75, 3.05) is 5.73 Å². The van der Waals surface area contributed by atoms with Gasteiger partial charge in [0.1, 0.15) is 11.6 Å². The van der Waals surface area contributed by atoms with Gasteiger partial charge < -0.3 is 10.5 Å². The molecule has 0 amide bonds. The van der Waals surface area contributed by atoms with Crippen molar-refractivity contribution in [2.24, 2.45) is 0 Å². The molecule has 2 aromatic carbocycles. The first kappa shape index (κ1) is 12.4. The molecule has 0 unspecified atom stereocenters. The molecule has 0 aliphatic heterocycles. The van der Waals surface area contributed by atoms with Crippen LogP contribution < -0.4 is 10.5 Å². The minimum atomic E-state index is -0.318. The van der Waals surface area contributed by atoms with E-state index in [9.17, 15) is 4.39 Å². The van der Waals surface area contributed by atoms with Crippen LogP contribution in [0.25, 0.3) is 0 Å². The zero-order valence-electron chi connectivity index (χ0n) is 10.5. The molecule has 0 fully saturated rings. The highest BCUT2D eigenvalue weighted by Crippen LogP contribution is 2.29. The van der Waals surface area contributed by atoms with E-state index in [1.54, 1.807) is 13.0 Å². The third kappa shape index (κ3) is 2.62. The summed E-state index contributed by atoms with van der Waals surface area (Å²) in [6.07, 6.45) is 0.984. The number of halogens is 1. The fourth-order valence-corrected chi connectivity index (χ4v) is 1.68. The van der Waals surface area contributed by atoms with E-state index in [-0.39, 0.29) is 5.82 Å². The van der Waals surface area contributed by atoms with Gasteiger partial charge in [0.2, 0.25) is 0 Å². The second-order valence-electron chi connectivity index (χ2n) is 4.24. The van der Waals surface area contributed by atoms with Crippen LogP contribution in [0.5, 0.6) is 11.5 Å². The summed E-state index contributed by atoms with van der Waals surface area (Å²) in [4.78, 5) is 0. The van der Waals surface area contributed by atoms with E-state index in [1.807, 2.05) is 24.3 Å². The molecule has 0 saturated carbocycles. The highest BCUT2D eigenvalue weighted by molar-refractivity contribution is 5.55. The number of benzene rings is 2. The van der Waals surface area contributed by atoms with E-state index in [1.165, 1.54) is 11.6 Å². The first-order chi connectivity index (χ1) is 8.60. The highest BCUT2D eigenvalue weighted by Gasteiger charge is 2.07. The smallest absolute Gasteiger partial charge is 0.150 e. The van der Waals surface area contributed by atoms with E-state index < -0.39 is 0 Å². The highest BCUT2D eigenvalue weighted by atomic mass is 19.1. The van der Waals surface area contributed by atoms with Crippen LogP contribution in [0, 0.1) is 12.7 Å². The molecule has 0 saturated heterocycles. The molecule has 0 heterocycles. The zero-order valence-corrected chi connectivity index (χ0v) is 10.5. The SMILES string of the molecule is CCc1ccc(Oc2cc(C)c(F)cc2N)cc1. The molecule has 0 atom stereocenters. The van der Waals surface area contributed by atoms with Crippen molar-refractivity contribution in [3.05, 3.63) is 53.3 Å². The Balaban J connectivity index is 2.25. The van der Waals surface area contributed by atoms with Gasteiger partial charge in [-0.1, -0.05) is 19.1 Å². The largest absolute Gasteiger partial charge is 0.455 e. The van der Waals surface area contributed by atoms with Gasteiger partial charge in [-0.05, 0) is 42.7 Å². The van der Waals surface area contributed by atoms with Gasteiger partial charge in [0.15, 0.2) is 5.75 Å². The fourth-order valence-electron chi connectivity index (χ4n) is 1.68. The Hall–Kier alpha value is -2.03. The minimum absolute atomic E-state index is 0.303. The van der Waals surface area contributed by atoms with Crippen LogP contribution in [-0.4, -0.2) is 0 Å². The first-order valence-corrected chi connectivity index (χ1v) is 5.92. The maximum atomic E-state index is 13.3. The van der Waals surface area contributed by atoms with Crippen molar-refractivity contribution in [1.29, 1.82) is 0 Å². The molecular weight excluding hydrogens is 229 g/mol. The Kier molecular flexibility index (Phi) is 3.51. The Labute approximate surface area is 106 Å². The van der Waals surface area contributed by atoms with Gasteiger partial charge in [-0.3, -0.25) is 0 Å². The molecule has 0 spiro atoms. The van der Waals surface area contributed by atoms with Gasteiger partial charge in [-0.2, -0.15) is 0 Å². The summed E-state index contributed by atoms with van der Waals surface area (Å²) in [5.41, 5.74) is 7.79. The van der Waals surface area contributed by atoms with Crippen LogP contribution in [-0.2, 0) is 6.42 Å². The lowest BCUT2D eigenvalue weighted by atomic mass is 10.1. The Morgan fingerprint density at radius 3 is 2.44 bits per heavy atom. The molecule has 2 N–H and O–H groups in total. The topological polar surface area (TPSA) is 35.2 Å². The molecule has 3 heteroatoms. The van der Waals surface area contributed by atoms with Crippen molar-refractivity contribution in [3.63, 3.8) is 0 Å². The second-order valence-corrected chi connectivity index (χ2v) is 4.24. The number of nitrogens with two attached hydrogens (primary N) is 1. The Morgan fingerprint density at radius 1 is 1.17 bits per heavy atom. The average Bonchev–Trinajstić information content (AvgIpc) is 2.37. The van der Waals surface area contributed by atoms with Crippen LogP contribution in [0.3, 0.4) is 0 Å². The van der Waals surface area contributed by atoms with Crippen molar-refractivity contribution < 1.29 is 9.13 Å². The number of hydrogen-bond acceptors (Lipinski definition) is 2. The third-order valence-corrected chi connectivity index (χ3v) is 2.85. The molecule has 18 heavy (non-hydrogen) atoms. The summed E-state index contributed by atoms with van der Waals surface area (Å²) in [6.45, 7) is 3.78. The predicted octanol–water partition coefficient (Wildman–Crippen LogP) is 4.07. The quantitative estimate of drug-likeness (QED) is 0.827. The van der Waals surface area contributed by atoms with E-state index in [4.69, 9.17) is 10.5 Å². The van der Waals surface area contributed by atoms with Crippen molar-refractivity contribution in [3.8, 4) is 11.5 Å². The lowest BCUT2D eigenvalue weighted by Crippen LogP contribution is -1.95. The number of nitrogen functional groups attached to an aromatic ring is 1. The van der Waals surface area contributed by atoms with Crippen LogP contribution in [0.4, 0.5) is 10.1 Å². The van der Waals surface area contributed by atoms with Crippen molar-refractivity contribution in [1.82, 2.24) is 0 Å². The van der Waals surface area contributed by atoms with Crippen LogP contribution >= 0.6 is 0 Å².